The second-order valence-corrected chi connectivity index (χ2v) is 13.6. The van der Waals surface area contributed by atoms with Gasteiger partial charge in [-0.2, -0.15) is 0 Å². The second-order valence-electron chi connectivity index (χ2n) is 13.6. The minimum atomic E-state index is -0.742. The molecule has 10 rings (SSSR count). The number of nitrogens with zero attached hydrogens (tertiary/aromatic N) is 1. The van der Waals surface area contributed by atoms with E-state index in [1.807, 2.05) is 24.3 Å². The molecule has 0 fully saturated rings. The number of fused-ring (bicyclic) bond motifs is 8. The van der Waals surface area contributed by atoms with Crippen molar-refractivity contribution in [2.45, 2.75) is 5.41 Å². The van der Waals surface area contributed by atoms with Gasteiger partial charge in [0.25, 0.3) is 0 Å². The predicted molar refractivity (Wildman–Crippen MR) is 213 cm³/mol. The number of ketones is 1. The molecule has 244 valence electrons. The minimum Gasteiger partial charge on any atom is -0.310 e. The van der Waals surface area contributed by atoms with Gasteiger partial charge in [0, 0.05) is 16.8 Å². The molecule has 0 aromatic heterocycles. The number of carbonyl (C=O) groups excluding carboxylic acids is 1. The highest BCUT2D eigenvalue weighted by Gasteiger charge is 2.51. The zero-order valence-corrected chi connectivity index (χ0v) is 28.4. The zero-order chi connectivity index (χ0) is 34.6. The Kier molecular flexibility index (Phi) is 6.90. The molecule has 0 atom stereocenters. The average Bonchev–Trinajstić information content (AvgIpc) is 3.23. The molecule has 2 nitrogen and oxygen atoms in total. The van der Waals surface area contributed by atoms with E-state index in [1.54, 1.807) is 0 Å². The minimum absolute atomic E-state index is 0.0700. The van der Waals surface area contributed by atoms with Crippen molar-refractivity contribution >= 4 is 22.8 Å². The lowest BCUT2D eigenvalue weighted by atomic mass is 9.57. The Hall–Kier alpha value is -6.77. The highest BCUT2D eigenvalue weighted by Crippen LogP contribution is 2.60. The molecule has 1 spiro atoms. The van der Waals surface area contributed by atoms with Gasteiger partial charge in [0.05, 0.1) is 16.8 Å². The van der Waals surface area contributed by atoms with Crippen molar-refractivity contribution in [2.75, 3.05) is 4.90 Å². The van der Waals surface area contributed by atoms with Crippen molar-refractivity contribution in [3.05, 3.63) is 234 Å². The first-order valence-electron chi connectivity index (χ1n) is 17.8. The van der Waals surface area contributed by atoms with E-state index in [9.17, 15) is 4.79 Å². The van der Waals surface area contributed by atoms with E-state index in [2.05, 4.69) is 181 Å². The van der Waals surface area contributed by atoms with Crippen molar-refractivity contribution in [1.29, 1.82) is 0 Å². The smallest absolute Gasteiger partial charge is 0.193 e. The predicted octanol–water partition coefficient (Wildman–Crippen LogP) is 12.4. The standard InChI is InChI=1S/C50H33NO/c52-49-41-22-10-12-24-43(41)50(44-25-13-11-23-42(44)49)45-26-14-15-27-47(45)51(40-20-8-3-9-21-40)48-29-28-36(33-46(48)50)39-31-37(34-16-4-1-5-17-34)30-38(32-39)35-18-6-2-7-19-35/h1-33H. The lowest BCUT2D eigenvalue weighted by Crippen LogP contribution is -2.42. The highest BCUT2D eigenvalue weighted by molar-refractivity contribution is 6.15. The van der Waals surface area contributed by atoms with E-state index in [-0.39, 0.29) is 5.78 Å². The van der Waals surface area contributed by atoms with Crippen LogP contribution in [0.25, 0.3) is 33.4 Å². The molecule has 0 amide bonds. The van der Waals surface area contributed by atoms with Gasteiger partial charge in [-0.25, -0.2) is 0 Å². The van der Waals surface area contributed by atoms with Crippen LogP contribution in [-0.2, 0) is 5.41 Å². The molecule has 8 aromatic carbocycles. The Balaban J connectivity index is 1.31. The molecule has 2 heteroatoms. The van der Waals surface area contributed by atoms with E-state index in [4.69, 9.17) is 0 Å². The van der Waals surface area contributed by atoms with Gasteiger partial charge in [0.1, 0.15) is 0 Å². The summed E-state index contributed by atoms with van der Waals surface area (Å²) in [6.45, 7) is 0. The van der Waals surface area contributed by atoms with Crippen LogP contribution in [-0.4, -0.2) is 5.78 Å². The lowest BCUT2D eigenvalue weighted by Gasteiger charge is -2.49. The quantitative estimate of drug-likeness (QED) is 0.187. The third kappa shape index (κ3) is 4.48. The van der Waals surface area contributed by atoms with Crippen molar-refractivity contribution in [3.8, 4) is 33.4 Å². The van der Waals surface area contributed by atoms with Crippen LogP contribution in [0.1, 0.15) is 38.2 Å². The average molecular weight is 664 g/mol. The summed E-state index contributed by atoms with van der Waals surface area (Å²) in [6.07, 6.45) is 0. The molecule has 0 saturated heterocycles. The van der Waals surface area contributed by atoms with Crippen LogP contribution in [0.4, 0.5) is 17.1 Å². The largest absolute Gasteiger partial charge is 0.310 e. The molecular formula is C50H33NO. The summed E-state index contributed by atoms with van der Waals surface area (Å²) >= 11 is 0. The number of anilines is 3. The third-order valence-electron chi connectivity index (χ3n) is 10.8. The summed E-state index contributed by atoms with van der Waals surface area (Å²) in [7, 11) is 0. The molecule has 8 aromatic rings. The Morgan fingerprint density at radius 1 is 0.327 bits per heavy atom. The molecule has 2 aliphatic rings. The number of carbonyl (C=O) groups is 1. The summed E-state index contributed by atoms with van der Waals surface area (Å²) in [4.78, 5) is 16.7. The van der Waals surface area contributed by atoms with Gasteiger partial charge in [-0.05, 0) is 104 Å². The summed E-state index contributed by atoms with van der Waals surface area (Å²) in [6, 6.07) is 70.9. The van der Waals surface area contributed by atoms with Gasteiger partial charge in [-0.15, -0.1) is 0 Å². The zero-order valence-electron chi connectivity index (χ0n) is 28.4. The van der Waals surface area contributed by atoms with Crippen molar-refractivity contribution in [3.63, 3.8) is 0 Å². The van der Waals surface area contributed by atoms with Gasteiger partial charge >= 0.3 is 0 Å². The maximum absolute atomic E-state index is 14.3. The molecule has 1 aliphatic heterocycles. The molecule has 1 aliphatic carbocycles. The fourth-order valence-corrected chi connectivity index (χ4v) is 8.60. The number of hydrogen-bond donors (Lipinski definition) is 0. The molecule has 0 unspecified atom stereocenters. The highest BCUT2D eigenvalue weighted by atomic mass is 16.1. The Morgan fingerprint density at radius 3 is 1.35 bits per heavy atom. The summed E-state index contributed by atoms with van der Waals surface area (Å²) in [5, 5.41) is 0. The van der Waals surface area contributed by atoms with Crippen LogP contribution in [0.5, 0.6) is 0 Å². The molecule has 52 heavy (non-hydrogen) atoms. The Morgan fingerprint density at radius 2 is 0.769 bits per heavy atom. The first-order valence-corrected chi connectivity index (χ1v) is 17.8. The topological polar surface area (TPSA) is 20.3 Å². The van der Waals surface area contributed by atoms with Gasteiger partial charge in [-0.3, -0.25) is 4.79 Å². The molecule has 0 N–H and O–H groups in total. The maximum atomic E-state index is 14.3. The van der Waals surface area contributed by atoms with Crippen molar-refractivity contribution in [2.24, 2.45) is 0 Å². The molecule has 0 radical (unpaired) electrons. The van der Waals surface area contributed by atoms with Gasteiger partial charge < -0.3 is 4.90 Å². The second kappa shape index (κ2) is 11.9. The molecule has 0 bridgehead atoms. The van der Waals surface area contributed by atoms with Gasteiger partial charge in [0.15, 0.2) is 5.78 Å². The van der Waals surface area contributed by atoms with Crippen molar-refractivity contribution in [1.82, 2.24) is 0 Å². The van der Waals surface area contributed by atoms with Crippen LogP contribution in [0.3, 0.4) is 0 Å². The molecular weight excluding hydrogens is 631 g/mol. The molecule has 1 heterocycles. The van der Waals surface area contributed by atoms with E-state index < -0.39 is 5.41 Å². The van der Waals surface area contributed by atoms with E-state index >= 15 is 0 Å². The normalized spacial score (nSPS) is 13.5. The van der Waals surface area contributed by atoms with Crippen LogP contribution in [0.2, 0.25) is 0 Å². The van der Waals surface area contributed by atoms with Crippen LogP contribution < -0.4 is 4.90 Å². The first kappa shape index (κ1) is 30.1. The Labute approximate surface area is 303 Å². The van der Waals surface area contributed by atoms with Gasteiger partial charge in [0.2, 0.25) is 0 Å². The third-order valence-corrected chi connectivity index (χ3v) is 10.8. The first-order chi connectivity index (χ1) is 25.7. The summed E-state index contributed by atoms with van der Waals surface area (Å²) < 4.78 is 0. The van der Waals surface area contributed by atoms with Crippen LogP contribution in [0, 0.1) is 0 Å². The fourth-order valence-electron chi connectivity index (χ4n) is 8.60. The van der Waals surface area contributed by atoms with Crippen molar-refractivity contribution < 1.29 is 4.79 Å². The fraction of sp³-hybridized carbons (Fsp3) is 0.0200. The monoisotopic (exact) mass is 663 g/mol. The van der Waals surface area contributed by atoms with E-state index in [0.29, 0.717) is 0 Å². The summed E-state index contributed by atoms with van der Waals surface area (Å²) in [5.74, 6) is 0.0700. The van der Waals surface area contributed by atoms with Crippen LogP contribution in [0.15, 0.2) is 200 Å². The van der Waals surface area contributed by atoms with Crippen LogP contribution >= 0.6 is 0 Å². The molecule has 0 saturated carbocycles. The maximum Gasteiger partial charge on any atom is 0.193 e. The number of para-hydroxylation sites is 2. The Bertz CT molecular complexity index is 2540. The summed E-state index contributed by atoms with van der Waals surface area (Å²) in [5.41, 5.74) is 15.3. The lowest BCUT2D eigenvalue weighted by molar-refractivity contribution is 0.103. The van der Waals surface area contributed by atoms with Gasteiger partial charge in [-0.1, -0.05) is 152 Å². The number of hydrogen-bond acceptors (Lipinski definition) is 2. The SMILES string of the molecule is O=C1c2ccccc2C2(c3ccccc31)c1ccccc1N(c1ccccc1)c1ccc(-c3cc(-c4ccccc4)cc(-c4ccccc4)c3)cc12. The number of rotatable bonds is 4. The number of benzene rings is 8. The van der Waals surface area contributed by atoms with E-state index in [0.717, 1.165) is 61.6 Å². The van der Waals surface area contributed by atoms with E-state index in [1.165, 1.54) is 22.3 Å².